The van der Waals surface area contributed by atoms with Gasteiger partial charge in [-0.1, -0.05) is 6.92 Å². The minimum absolute atomic E-state index is 0.109. The van der Waals surface area contributed by atoms with Crippen LogP contribution in [0.2, 0.25) is 0 Å². The van der Waals surface area contributed by atoms with Crippen molar-refractivity contribution in [2.45, 2.75) is 19.6 Å². The van der Waals surface area contributed by atoms with Gasteiger partial charge in [0.2, 0.25) is 0 Å². The molecule has 0 aromatic carbocycles. The second kappa shape index (κ2) is 5.03. The Kier molecular flexibility index (Phi) is 4.95. The fourth-order valence-corrected chi connectivity index (χ4v) is 0.308. The summed E-state index contributed by atoms with van der Waals surface area (Å²) in [5.41, 5.74) is 5.40. The van der Waals surface area contributed by atoms with E-state index in [1.54, 1.807) is 0 Å². The maximum atomic E-state index is 5.40. The van der Waals surface area contributed by atoms with Gasteiger partial charge in [-0.2, -0.15) is 0 Å². The van der Waals surface area contributed by atoms with E-state index in [9.17, 15) is 0 Å². The van der Waals surface area contributed by atoms with E-state index >= 15 is 0 Å². The maximum absolute atomic E-state index is 5.40. The smallest absolute Gasteiger partial charge is 0.107 e. The number of ether oxygens (including phenoxy) is 1. The van der Waals surface area contributed by atoms with Crippen molar-refractivity contribution >= 4 is 0 Å². The van der Waals surface area contributed by atoms with Crippen LogP contribution in [-0.4, -0.2) is 20.0 Å². The molecule has 0 radical (unpaired) electrons. The Morgan fingerprint density at radius 2 is 2.38 bits per heavy atom. The van der Waals surface area contributed by atoms with Crippen LogP contribution in [0.5, 0.6) is 0 Å². The first kappa shape index (κ1) is 7.88. The van der Waals surface area contributed by atoms with Crippen LogP contribution in [0, 0.1) is 0 Å². The van der Waals surface area contributed by atoms with E-state index in [1.807, 2.05) is 14.0 Å². The normalized spacial score (nSPS) is 13.9. The summed E-state index contributed by atoms with van der Waals surface area (Å²) in [7, 11) is 1.82. The second-order valence-electron chi connectivity index (χ2n) is 1.61. The molecule has 0 aliphatic carbocycles. The molecule has 0 heterocycles. The highest BCUT2D eigenvalue weighted by molar-refractivity contribution is 4.38. The standard InChI is InChI=1S/C5H14N2O/c1-3-5(6)8-4-7-2/h5,7H,3-4,6H2,1-2H3. The molecule has 8 heavy (non-hydrogen) atoms. The third-order valence-corrected chi connectivity index (χ3v) is 0.844. The molecule has 0 aromatic heterocycles. The Labute approximate surface area is 50.2 Å². The Balaban J connectivity index is 2.86. The van der Waals surface area contributed by atoms with Crippen LogP contribution in [-0.2, 0) is 4.74 Å². The zero-order chi connectivity index (χ0) is 6.41. The monoisotopic (exact) mass is 118 g/mol. The van der Waals surface area contributed by atoms with E-state index in [2.05, 4.69) is 5.32 Å². The van der Waals surface area contributed by atoms with Crippen molar-refractivity contribution in [2.75, 3.05) is 13.8 Å². The average molecular weight is 118 g/mol. The fraction of sp³-hybridized carbons (Fsp3) is 1.00. The Bertz CT molecular complexity index is 49.7. The van der Waals surface area contributed by atoms with Crippen LogP contribution in [0.25, 0.3) is 0 Å². The van der Waals surface area contributed by atoms with E-state index in [0.717, 1.165) is 6.42 Å². The van der Waals surface area contributed by atoms with Crippen molar-refractivity contribution in [2.24, 2.45) is 5.73 Å². The molecule has 0 aliphatic heterocycles. The van der Waals surface area contributed by atoms with Crippen molar-refractivity contribution < 1.29 is 4.74 Å². The zero-order valence-corrected chi connectivity index (χ0v) is 5.48. The molecule has 0 spiro atoms. The summed E-state index contributed by atoms with van der Waals surface area (Å²) < 4.78 is 5.01. The minimum Gasteiger partial charge on any atom is -0.348 e. The predicted octanol–water partition coefficient (Wildman–Crippen LogP) is -0.125. The van der Waals surface area contributed by atoms with Gasteiger partial charge < -0.3 is 10.5 Å². The molecular weight excluding hydrogens is 104 g/mol. The first-order valence-electron chi connectivity index (χ1n) is 2.83. The molecule has 0 bridgehead atoms. The molecule has 3 N–H and O–H groups in total. The van der Waals surface area contributed by atoms with Gasteiger partial charge in [0.15, 0.2) is 0 Å². The second-order valence-corrected chi connectivity index (χ2v) is 1.61. The largest absolute Gasteiger partial charge is 0.348 e. The van der Waals surface area contributed by atoms with Gasteiger partial charge in [-0.05, 0) is 13.5 Å². The summed E-state index contributed by atoms with van der Waals surface area (Å²) in [5, 5.41) is 2.83. The Morgan fingerprint density at radius 1 is 1.75 bits per heavy atom. The van der Waals surface area contributed by atoms with Gasteiger partial charge in [-0.25, -0.2) is 0 Å². The topological polar surface area (TPSA) is 47.3 Å². The fourth-order valence-electron chi connectivity index (χ4n) is 0.308. The Hall–Kier alpha value is -0.120. The van der Waals surface area contributed by atoms with Crippen LogP contribution in [0.15, 0.2) is 0 Å². The molecular formula is C5H14N2O. The van der Waals surface area contributed by atoms with Crippen molar-refractivity contribution in [3.05, 3.63) is 0 Å². The third-order valence-electron chi connectivity index (χ3n) is 0.844. The highest BCUT2D eigenvalue weighted by Crippen LogP contribution is 1.84. The van der Waals surface area contributed by atoms with Crippen molar-refractivity contribution in [3.8, 4) is 0 Å². The van der Waals surface area contributed by atoms with Gasteiger partial charge in [0.1, 0.15) is 6.23 Å². The lowest BCUT2D eigenvalue weighted by atomic mass is 10.4. The van der Waals surface area contributed by atoms with Crippen molar-refractivity contribution in [3.63, 3.8) is 0 Å². The summed E-state index contributed by atoms with van der Waals surface area (Å²) in [6.07, 6.45) is 0.754. The van der Waals surface area contributed by atoms with Gasteiger partial charge in [0.25, 0.3) is 0 Å². The lowest BCUT2D eigenvalue weighted by Crippen LogP contribution is -2.27. The van der Waals surface area contributed by atoms with Gasteiger partial charge >= 0.3 is 0 Å². The molecule has 0 fully saturated rings. The highest BCUT2D eigenvalue weighted by atomic mass is 16.5. The van der Waals surface area contributed by atoms with Crippen LogP contribution >= 0.6 is 0 Å². The zero-order valence-electron chi connectivity index (χ0n) is 5.48. The summed E-state index contributed by atoms with van der Waals surface area (Å²) in [5.74, 6) is 0. The molecule has 0 amide bonds. The molecule has 0 saturated heterocycles. The SMILES string of the molecule is CCC(N)OCNC. The molecule has 1 unspecified atom stereocenters. The Morgan fingerprint density at radius 3 is 2.75 bits per heavy atom. The van der Waals surface area contributed by atoms with E-state index in [4.69, 9.17) is 10.5 Å². The van der Waals surface area contributed by atoms with Crippen LogP contribution in [0.1, 0.15) is 13.3 Å². The number of hydrogen-bond acceptors (Lipinski definition) is 3. The predicted molar refractivity (Wildman–Crippen MR) is 33.3 cm³/mol. The van der Waals surface area contributed by atoms with Crippen molar-refractivity contribution in [1.82, 2.24) is 5.32 Å². The quantitative estimate of drug-likeness (QED) is 0.506. The lowest BCUT2D eigenvalue weighted by molar-refractivity contribution is 0.0461. The molecule has 1 atom stereocenters. The number of hydrogen-bond donors (Lipinski definition) is 2. The first-order valence-corrected chi connectivity index (χ1v) is 2.83. The molecule has 0 aromatic rings. The van der Waals surface area contributed by atoms with Crippen LogP contribution in [0.4, 0.5) is 0 Å². The van der Waals surface area contributed by atoms with Gasteiger partial charge in [0.05, 0.1) is 6.73 Å². The van der Waals surface area contributed by atoms with Gasteiger partial charge in [-0.15, -0.1) is 0 Å². The number of nitrogens with two attached hydrogens (primary N) is 1. The lowest BCUT2D eigenvalue weighted by Gasteiger charge is -2.08. The minimum atomic E-state index is -0.109. The molecule has 3 heteroatoms. The van der Waals surface area contributed by atoms with E-state index in [-0.39, 0.29) is 6.23 Å². The van der Waals surface area contributed by atoms with Crippen molar-refractivity contribution in [1.29, 1.82) is 0 Å². The highest BCUT2D eigenvalue weighted by Gasteiger charge is 1.93. The van der Waals surface area contributed by atoms with Crippen LogP contribution < -0.4 is 11.1 Å². The first-order chi connectivity index (χ1) is 3.81. The van der Waals surface area contributed by atoms with E-state index < -0.39 is 0 Å². The average Bonchev–Trinajstić information content (AvgIpc) is 1.83. The molecule has 0 aliphatic rings. The molecule has 0 rings (SSSR count). The van der Waals surface area contributed by atoms with Gasteiger partial charge in [0, 0.05) is 0 Å². The van der Waals surface area contributed by atoms with Gasteiger partial charge in [-0.3, -0.25) is 5.32 Å². The molecule has 3 nitrogen and oxygen atoms in total. The summed E-state index contributed by atoms with van der Waals surface area (Å²) >= 11 is 0. The summed E-state index contributed by atoms with van der Waals surface area (Å²) in [6, 6.07) is 0. The number of nitrogens with one attached hydrogen (secondary N) is 1. The van der Waals surface area contributed by atoms with E-state index in [0.29, 0.717) is 6.73 Å². The number of rotatable bonds is 4. The summed E-state index contributed by atoms with van der Waals surface area (Å²) in [4.78, 5) is 0. The molecule has 50 valence electrons. The molecule has 0 saturated carbocycles. The van der Waals surface area contributed by atoms with E-state index in [1.165, 1.54) is 0 Å². The summed E-state index contributed by atoms with van der Waals surface area (Å²) in [6.45, 7) is 2.52. The maximum Gasteiger partial charge on any atom is 0.107 e. The van der Waals surface area contributed by atoms with Crippen LogP contribution in [0.3, 0.4) is 0 Å². The third kappa shape index (κ3) is 4.05.